The molecule has 8 heteroatoms. The number of methoxy groups -OCH3 is 1. The SMILES string of the molecule is COc1cc([N+](=O)[O-])ccc1NC(=O)/C(C)=C(/C)C(=O)O. The predicted molar refractivity (Wildman–Crippen MR) is 74.3 cm³/mol. The number of anilines is 1. The van der Waals surface area contributed by atoms with E-state index in [0.29, 0.717) is 0 Å². The second kappa shape index (κ2) is 6.51. The molecule has 0 aliphatic heterocycles. The Morgan fingerprint density at radius 2 is 1.90 bits per heavy atom. The van der Waals surface area contributed by atoms with Gasteiger partial charge in [0, 0.05) is 17.2 Å². The van der Waals surface area contributed by atoms with Gasteiger partial charge in [-0.15, -0.1) is 0 Å². The maximum Gasteiger partial charge on any atom is 0.331 e. The first-order valence-electron chi connectivity index (χ1n) is 5.82. The van der Waals surface area contributed by atoms with Crippen molar-refractivity contribution >= 4 is 23.3 Å². The van der Waals surface area contributed by atoms with E-state index in [1.54, 1.807) is 0 Å². The molecule has 112 valence electrons. The number of benzene rings is 1. The molecule has 2 N–H and O–H groups in total. The van der Waals surface area contributed by atoms with Crippen molar-refractivity contribution in [3.05, 3.63) is 39.5 Å². The first kappa shape index (κ1) is 16.2. The standard InChI is InChI=1S/C13H14N2O6/c1-7(8(2)13(17)18)12(16)14-10-5-4-9(15(19)20)6-11(10)21-3/h4-6H,1-3H3,(H,14,16)(H,17,18)/b8-7-. The van der Waals surface area contributed by atoms with Crippen LogP contribution in [0.5, 0.6) is 5.75 Å². The van der Waals surface area contributed by atoms with Crippen molar-refractivity contribution in [3.8, 4) is 5.75 Å². The Kier molecular flexibility index (Phi) is 5.01. The zero-order valence-corrected chi connectivity index (χ0v) is 11.7. The second-order valence-electron chi connectivity index (χ2n) is 4.15. The van der Waals surface area contributed by atoms with Gasteiger partial charge in [0.05, 0.1) is 23.8 Å². The van der Waals surface area contributed by atoms with Crippen LogP contribution in [0.25, 0.3) is 0 Å². The molecule has 21 heavy (non-hydrogen) atoms. The van der Waals surface area contributed by atoms with Crippen molar-refractivity contribution in [2.24, 2.45) is 0 Å². The van der Waals surface area contributed by atoms with Gasteiger partial charge in [-0.25, -0.2) is 4.79 Å². The van der Waals surface area contributed by atoms with Crippen LogP contribution in [0.3, 0.4) is 0 Å². The van der Waals surface area contributed by atoms with E-state index < -0.39 is 16.8 Å². The minimum Gasteiger partial charge on any atom is -0.494 e. The van der Waals surface area contributed by atoms with Crippen LogP contribution in [0.1, 0.15) is 13.8 Å². The molecule has 0 spiro atoms. The summed E-state index contributed by atoms with van der Waals surface area (Å²) in [5.41, 5.74) is -0.0271. The normalized spacial score (nSPS) is 11.4. The Morgan fingerprint density at radius 1 is 1.29 bits per heavy atom. The smallest absolute Gasteiger partial charge is 0.331 e. The van der Waals surface area contributed by atoms with Crippen molar-refractivity contribution < 1.29 is 24.4 Å². The highest BCUT2D eigenvalue weighted by atomic mass is 16.6. The number of hydrogen-bond donors (Lipinski definition) is 2. The van der Waals surface area contributed by atoms with Crippen molar-refractivity contribution in [1.29, 1.82) is 0 Å². The molecule has 1 aromatic carbocycles. The third-order valence-corrected chi connectivity index (χ3v) is 2.87. The van der Waals surface area contributed by atoms with Crippen molar-refractivity contribution in [2.75, 3.05) is 12.4 Å². The van der Waals surface area contributed by atoms with Gasteiger partial charge in [0.15, 0.2) is 0 Å². The zero-order chi connectivity index (χ0) is 16.2. The van der Waals surface area contributed by atoms with Crippen LogP contribution in [0.4, 0.5) is 11.4 Å². The Bertz CT molecular complexity index is 636. The van der Waals surface area contributed by atoms with Gasteiger partial charge in [0.1, 0.15) is 5.75 Å². The summed E-state index contributed by atoms with van der Waals surface area (Å²) >= 11 is 0. The van der Waals surface area contributed by atoms with Gasteiger partial charge in [-0.3, -0.25) is 14.9 Å². The molecule has 8 nitrogen and oxygen atoms in total. The molecule has 0 atom stereocenters. The number of rotatable bonds is 5. The molecular weight excluding hydrogens is 280 g/mol. The van der Waals surface area contributed by atoms with E-state index in [0.717, 1.165) is 0 Å². The summed E-state index contributed by atoms with van der Waals surface area (Å²) in [6, 6.07) is 3.69. The van der Waals surface area contributed by atoms with Gasteiger partial charge in [0.25, 0.3) is 11.6 Å². The zero-order valence-electron chi connectivity index (χ0n) is 11.7. The molecule has 0 saturated heterocycles. The van der Waals surface area contributed by atoms with E-state index in [-0.39, 0.29) is 28.3 Å². The van der Waals surface area contributed by atoms with Crippen LogP contribution < -0.4 is 10.1 Å². The van der Waals surface area contributed by atoms with Crippen molar-refractivity contribution in [2.45, 2.75) is 13.8 Å². The molecule has 0 heterocycles. The lowest BCUT2D eigenvalue weighted by Crippen LogP contribution is -2.16. The second-order valence-corrected chi connectivity index (χ2v) is 4.15. The Hall–Kier alpha value is -2.90. The minimum absolute atomic E-state index is 0.0305. The Balaban J connectivity index is 3.08. The predicted octanol–water partition coefficient (Wildman–Crippen LogP) is 1.96. The number of carbonyl (C=O) groups is 2. The van der Waals surface area contributed by atoms with Crippen molar-refractivity contribution in [3.63, 3.8) is 0 Å². The number of nitro benzene ring substituents is 1. The largest absolute Gasteiger partial charge is 0.494 e. The molecule has 0 fully saturated rings. The first-order chi connectivity index (χ1) is 9.77. The third-order valence-electron chi connectivity index (χ3n) is 2.87. The van der Waals surface area contributed by atoms with Gasteiger partial charge in [-0.05, 0) is 19.9 Å². The number of nitrogens with zero attached hydrogens (tertiary/aromatic N) is 1. The number of nitro groups is 1. The van der Waals surface area contributed by atoms with Gasteiger partial charge < -0.3 is 15.2 Å². The van der Waals surface area contributed by atoms with Gasteiger partial charge in [-0.2, -0.15) is 0 Å². The summed E-state index contributed by atoms with van der Waals surface area (Å²) in [6.07, 6.45) is 0. The number of hydrogen-bond acceptors (Lipinski definition) is 5. The van der Waals surface area contributed by atoms with E-state index in [4.69, 9.17) is 9.84 Å². The summed E-state index contributed by atoms with van der Waals surface area (Å²) in [6.45, 7) is 2.68. The van der Waals surface area contributed by atoms with E-state index in [1.165, 1.54) is 39.2 Å². The lowest BCUT2D eigenvalue weighted by Gasteiger charge is -2.10. The number of nitrogens with one attached hydrogen (secondary N) is 1. The molecule has 0 aromatic heterocycles. The van der Waals surface area contributed by atoms with Crippen LogP contribution in [0.15, 0.2) is 29.3 Å². The van der Waals surface area contributed by atoms with Crippen LogP contribution in [0.2, 0.25) is 0 Å². The van der Waals surface area contributed by atoms with E-state index in [1.807, 2.05) is 0 Å². The fourth-order valence-corrected chi connectivity index (χ4v) is 1.44. The summed E-state index contributed by atoms with van der Waals surface area (Å²) in [5.74, 6) is -1.71. The lowest BCUT2D eigenvalue weighted by molar-refractivity contribution is -0.384. The number of carboxylic acids is 1. The summed E-state index contributed by atoms with van der Waals surface area (Å²) < 4.78 is 4.97. The molecular formula is C13H14N2O6. The summed E-state index contributed by atoms with van der Waals surface area (Å²) in [4.78, 5) is 32.8. The lowest BCUT2D eigenvalue weighted by atomic mass is 10.1. The number of amides is 1. The molecule has 0 radical (unpaired) electrons. The average molecular weight is 294 g/mol. The Morgan fingerprint density at radius 3 is 2.38 bits per heavy atom. The average Bonchev–Trinajstić information content (AvgIpc) is 2.45. The monoisotopic (exact) mass is 294 g/mol. The molecule has 0 aliphatic carbocycles. The quantitative estimate of drug-likeness (QED) is 0.486. The summed E-state index contributed by atoms with van der Waals surface area (Å²) in [7, 11) is 1.31. The molecule has 0 saturated carbocycles. The van der Waals surface area contributed by atoms with E-state index >= 15 is 0 Å². The highest BCUT2D eigenvalue weighted by molar-refractivity contribution is 6.08. The molecule has 1 aromatic rings. The number of non-ortho nitro benzene ring substituents is 1. The third kappa shape index (κ3) is 3.78. The molecule has 1 amide bonds. The van der Waals surface area contributed by atoms with Gasteiger partial charge >= 0.3 is 5.97 Å². The van der Waals surface area contributed by atoms with Crippen LogP contribution >= 0.6 is 0 Å². The van der Waals surface area contributed by atoms with E-state index in [2.05, 4.69) is 5.32 Å². The van der Waals surface area contributed by atoms with Crippen LogP contribution in [-0.2, 0) is 9.59 Å². The molecule has 1 rings (SSSR count). The maximum atomic E-state index is 11.9. The Labute approximate surface area is 120 Å². The van der Waals surface area contributed by atoms with Gasteiger partial charge in [-0.1, -0.05) is 0 Å². The highest BCUT2D eigenvalue weighted by Gasteiger charge is 2.16. The fourth-order valence-electron chi connectivity index (χ4n) is 1.44. The topological polar surface area (TPSA) is 119 Å². The molecule has 0 bridgehead atoms. The first-order valence-corrected chi connectivity index (χ1v) is 5.82. The van der Waals surface area contributed by atoms with Gasteiger partial charge in [0.2, 0.25) is 0 Å². The highest BCUT2D eigenvalue weighted by Crippen LogP contribution is 2.29. The number of carboxylic acid groups (broad SMARTS) is 1. The minimum atomic E-state index is -1.20. The fraction of sp³-hybridized carbons (Fsp3) is 0.231. The maximum absolute atomic E-state index is 11.9. The van der Waals surface area contributed by atoms with Crippen LogP contribution in [0, 0.1) is 10.1 Å². The van der Waals surface area contributed by atoms with Crippen LogP contribution in [-0.4, -0.2) is 29.0 Å². The van der Waals surface area contributed by atoms with E-state index in [9.17, 15) is 19.7 Å². The molecule has 0 unspecified atom stereocenters. The number of aliphatic carboxylic acids is 1. The summed E-state index contributed by atoms with van der Waals surface area (Å²) in [5, 5.41) is 21.9. The number of carbonyl (C=O) groups excluding carboxylic acids is 1. The van der Waals surface area contributed by atoms with Crippen molar-refractivity contribution in [1.82, 2.24) is 0 Å². The number of ether oxygens (including phenoxy) is 1. The molecule has 0 aliphatic rings.